The van der Waals surface area contributed by atoms with Crippen molar-refractivity contribution in [3.8, 4) is 5.75 Å². The minimum Gasteiger partial charge on any atom is -0.494 e. The van der Waals surface area contributed by atoms with Gasteiger partial charge in [0.25, 0.3) is 5.56 Å². The Kier molecular flexibility index (Phi) is 4.49. The molecule has 20 heavy (non-hydrogen) atoms. The molecular weight excluding hydrogens is 260 g/mol. The summed E-state index contributed by atoms with van der Waals surface area (Å²) in [5, 5.41) is 8.76. The highest BCUT2D eigenvalue weighted by Crippen LogP contribution is 2.12. The first kappa shape index (κ1) is 13.8. The molecule has 2 aromatic rings. The number of ether oxygens (including phenoxy) is 1. The highest BCUT2D eigenvalue weighted by molar-refractivity contribution is 5.87. The van der Waals surface area contributed by atoms with Gasteiger partial charge in [0.15, 0.2) is 0 Å². The van der Waals surface area contributed by atoms with Crippen molar-refractivity contribution in [2.75, 3.05) is 6.61 Å². The SMILES string of the molecule is O=C(O)c1ccc(OCCCn2cnccc2=O)cc1. The highest BCUT2D eigenvalue weighted by atomic mass is 16.5. The van der Waals surface area contributed by atoms with Gasteiger partial charge < -0.3 is 9.84 Å². The Morgan fingerprint density at radius 2 is 2.00 bits per heavy atom. The zero-order chi connectivity index (χ0) is 14.4. The van der Waals surface area contributed by atoms with Crippen LogP contribution in [0, 0.1) is 0 Å². The zero-order valence-electron chi connectivity index (χ0n) is 10.7. The molecule has 1 heterocycles. The summed E-state index contributed by atoms with van der Waals surface area (Å²) >= 11 is 0. The topological polar surface area (TPSA) is 81.4 Å². The molecule has 0 radical (unpaired) electrons. The van der Waals surface area contributed by atoms with E-state index >= 15 is 0 Å². The predicted octanol–water partition coefficient (Wildman–Crippen LogP) is 1.41. The van der Waals surface area contributed by atoms with E-state index in [1.165, 1.54) is 35.3 Å². The van der Waals surface area contributed by atoms with Crippen LogP contribution >= 0.6 is 0 Å². The van der Waals surface area contributed by atoms with Crippen LogP contribution in [0.2, 0.25) is 0 Å². The van der Waals surface area contributed by atoms with Crippen LogP contribution in [0.3, 0.4) is 0 Å². The standard InChI is InChI=1S/C14H14N2O4/c17-13-6-7-15-10-16(13)8-1-9-20-12-4-2-11(3-5-12)14(18)19/h2-7,10H,1,8-9H2,(H,18,19). The van der Waals surface area contributed by atoms with Gasteiger partial charge in [0.05, 0.1) is 18.5 Å². The van der Waals surface area contributed by atoms with Gasteiger partial charge in [-0.25, -0.2) is 9.78 Å². The number of aryl methyl sites for hydroxylation is 1. The highest BCUT2D eigenvalue weighted by Gasteiger charge is 2.02. The number of carboxylic acid groups (broad SMARTS) is 1. The number of hydrogen-bond donors (Lipinski definition) is 1. The van der Waals surface area contributed by atoms with Gasteiger partial charge in [-0.05, 0) is 30.7 Å². The van der Waals surface area contributed by atoms with Gasteiger partial charge >= 0.3 is 5.97 Å². The van der Waals surface area contributed by atoms with Crippen molar-refractivity contribution in [1.29, 1.82) is 0 Å². The van der Waals surface area contributed by atoms with Crippen molar-refractivity contribution in [3.05, 3.63) is 58.8 Å². The van der Waals surface area contributed by atoms with Crippen LogP contribution < -0.4 is 10.3 Å². The summed E-state index contributed by atoms with van der Waals surface area (Å²) < 4.78 is 6.98. The molecule has 6 heteroatoms. The second-order valence-electron chi connectivity index (χ2n) is 4.14. The molecule has 0 atom stereocenters. The van der Waals surface area contributed by atoms with Gasteiger partial charge in [0, 0.05) is 18.8 Å². The van der Waals surface area contributed by atoms with Crippen molar-refractivity contribution >= 4 is 5.97 Å². The first-order chi connectivity index (χ1) is 9.66. The minimum atomic E-state index is -0.965. The molecule has 6 nitrogen and oxygen atoms in total. The van der Waals surface area contributed by atoms with Crippen LogP contribution in [0.15, 0.2) is 47.7 Å². The van der Waals surface area contributed by atoms with Crippen molar-refractivity contribution in [2.45, 2.75) is 13.0 Å². The summed E-state index contributed by atoms with van der Waals surface area (Å²) in [4.78, 5) is 26.0. The molecule has 0 amide bonds. The number of carboxylic acids is 1. The lowest BCUT2D eigenvalue weighted by atomic mass is 10.2. The van der Waals surface area contributed by atoms with Gasteiger partial charge in [-0.2, -0.15) is 0 Å². The minimum absolute atomic E-state index is 0.0918. The van der Waals surface area contributed by atoms with E-state index in [2.05, 4.69) is 4.98 Å². The molecule has 0 aliphatic rings. The number of carbonyl (C=O) groups is 1. The first-order valence-corrected chi connectivity index (χ1v) is 6.13. The fourth-order valence-corrected chi connectivity index (χ4v) is 1.66. The molecule has 1 aromatic carbocycles. The number of aromatic carboxylic acids is 1. The van der Waals surface area contributed by atoms with Crippen molar-refractivity contribution in [1.82, 2.24) is 9.55 Å². The lowest BCUT2D eigenvalue weighted by Crippen LogP contribution is -2.19. The average molecular weight is 274 g/mol. The number of hydrogen-bond acceptors (Lipinski definition) is 4. The summed E-state index contributed by atoms with van der Waals surface area (Å²) in [6, 6.07) is 7.61. The third kappa shape index (κ3) is 3.68. The van der Waals surface area contributed by atoms with E-state index in [9.17, 15) is 9.59 Å². The molecule has 1 N–H and O–H groups in total. The van der Waals surface area contributed by atoms with Crippen LogP contribution in [0.1, 0.15) is 16.8 Å². The summed E-state index contributed by atoms with van der Waals surface area (Å²) in [5.41, 5.74) is 0.130. The van der Waals surface area contributed by atoms with Crippen LogP contribution in [-0.4, -0.2) is 27.2 Å². The van der Waals surface area contributed by atoms with Crippen LogP contribution in [0.25, 0.3) is 0 Å². The maximum atomic E-state index is 11.4. The number of aromatic nitrogens is 2. The molecular formula is C14H14N2O4. The lowest BCUT2D eigenvalue weighted by Gasteiger charge is -2.07. The van der Waals surface area contributed by atoms with Gasteiger partial charge in [0.1, 0.15) is 5.75 Å². The summed E-state index contributed by atoms with van der Waals surface area (Å²) in [6.07, 6.45) is 3.61. The Labute approximate surface area is 115 Å². The Bertz CT molecular complexity index is 634. The summed E-state index contributed by atoms with van der Waals surface area (Å²) in [5.74, 6) is -0.360. The molecule has 0 fully saturated rings. The average Bonchev–Trinajstić information content (AvgIpc) is 2.46. The Morgan fingerprint density at radius 1 is 1.25 bits per heavy atom. The predicted molar refractivity (Wildman–Crippen MR) is 72.0 cm³/mol. The molecule has 0 aliphatic heterocycles. The second kappa shape index (κ2) is 6.51. The third-order valence-electron chi connectivity index (χ3n) is 2.71. The van der Waals surface area contributed by atoms with Crippen molar-refractivity contribution in [2.24, 2.45) is 0 Å². The van der Waals surface area contributed by atoms with E-state index in [1.807, 2.05) is 0 Å². The first-order valence-electron chi connectivity index (χ1n) is 6.13. The lowest BCUT2D eigenvalue weighted by molar-refractivity contribution is 0.0697. The number of benzene rings is 1. The molecule has 0 saturated carbocycles. The van der Waals surface area contributed by atoms with Crippen LogP contribution in [0.5, 0.6) is 5.75 Å². The summed E-state index contributed by atoms with van der Waals surface area (Å²) in [6.45, 7) is 0.966. The van der Waals surface area contributed by atoms with E-state index in [0.717, 1.165) is 0 Å². The maximum Gasteiger partial charge on any atom is 0.335 e. The largest absolute Gasteiger partial charge is 0.494 e. The molecule has 0 aliphatic carbocycles. The normalized spacial score (nSPS) is 10.2. The van der Waals surface area contributed by atoms with Crippen molar-refractivity contribution in [3.63, 3.8) is 0 Å². The van der Waals surface area contributed by atoms with E-state index in [0.29, 0.717) is 25.3 Å². The third-order valence-corrected chi connectivity index (χ3v) is 2.71. The van der Waals surface area contributed by atoms with Gasteiger partial charge in [0.2, 0.25) is 0 Å². The Balaban J connectivity index is 1.80. The fourth-order valence-electron chi connectivity index (χ4n) is 1.66. The Hall–Kier alpha value is -2.63. The zero-order valence-corrected chi connectivity index (χ0v) is 10.7. The number of nitrogens with zero attached hydrogens (tertiary/aromatic N) is 2. The molecule has 0 bridgehead atoms. The van der Waals surface area contributed by atoms with Crippen LogP contribution in [0.4, 0.5) is 0 Å². The molecule has 0 unspecified atom stereocenters. The van der Waals surface area contributed by atoms with Gasteiger partial charge in [-0.1, -0.05) is 0 Å². The van der Waals surface area contributed by atoms with Crippen molar-refractivity contribution < 1.29 is 14.6 Å². The summed E-state index contributed by atoms with van der Waals surface area (Å²) in [7, 11) is 0. The van der Waals surface area contributed by atoms with Gasteiger partial charge in [-0.3, -0.25) is 9.36 Å². The number of rotatable bonds is 6. The second-order valence-corrected chi connectivity index (χ2v) is 4.14. The maximum absolute atomic E-state index is 11.4. The molecule has 2 rings (SSSR count). The monoisotopic (exact) mass is 274 g/mol. The molecule has 1 aromatic heterocycles. The smallest absolute Gasteiger partial charge is 0.335 e. The van der Waals surface area contributed by atoms with E-state index in [-0.39, 0.29) is 11.1 Å². The van der Waals surface area contributed by atoms with Crippen LogP contribution in [-0.2, 0) is 6.54 Å². The van der Waals surface area contributed by atoms with E-state index in [1.54, 1.807) is 12.1 Å². The molecule has 0 saturated heterocycles. The van der Waals surface area contributed by atoms with E-state index < -0.39 is 5.97 Å². The molecule has 0 spiro atoms. The molecule has 104 valence electrons. The van der Waals surface area contributed by atoms with Gasteiger partial charge in [-0.15, -0.1) is 0 Å². The Morgan fingerprint density at radius 3 is 2.65 bits per heavy atom. The van der Waals surface area contributed by atoms with E-state index in [4.69, 9.17) is 9.84 Å². The quantitative estimate of drug-likeness (QED) is 0.805. The fraction of sp³-hybridized carbons (Fsp3) is 0.214.